The summed E-state index contributed by atoms with van der Waals surface area (Å²) >= 11 is 13.4. The van der Waals surface area contributed by atoms with Crippen molar-refractivity contribution in [3.05, 3.63) is 56.9 Å². The zero-order valence-corrected chi connectivity index (χ0v) is 19.2. The maximum absolute atomic E-state index is 13.1. The van der Waals surface area contributed by atoms with Crippen LogP contribution in [0.4, 0.5) is 5.69 Å². The quantitative estimate of drug-likeness (QED) is 0.505. The van der Waals surface area contributed by atoms with E-state index >= 15 is 0 Å². The van der Waals surface area contributed by atoms with E-state index in [1.54, 1.807) is 35.2 Å². The monoisotopic (exact) mass is 464 g/mol. The molecule has 1 aliphatic heterocycles. The maximum Gasteiger partial charge on any atom is 0.266 e. The molecule has 8 heteroatoms. The van der Waals surface area contributed by atoms with Gasteiger partial charge in [-0.1, -0.05) is 37.0 Å². The molecule has 0 atom stereocenters. The van der Waals surface area contributed by atoms with Crippen LogP contribution in [0.2, 0.25) is 10.0 Å². The lowest BCUT2D eigenvalue weighted by Gasteiger charge is -2.17. The van der Waals surface area contributed by atoms with Crippen molar-refractivity contribution in [3.63, 3.8) is 0 Å². The van der Waals surface area contributed by atoms with Crippen LogP contribution in [0.25, 0.3) is 6.08 Å². The number of nitrogens with zero attached hydrogens (tertiary/aromatic N) is 2. The summed E-state index contributed by atoms with van der Waals surface area (Å²) in [5.41, 5.74) is 1.38. The van der Waals surface area contributed by atoms with Crippen LogP contribution < -0.4 is 4.74 Å². The Morgan fingerprint density at radius 2 is 1.93 bits per heavy atom. The fourth-order valence-corrected chi connectivity index (χ4v) is 4.19. The van der Waals surface area contributed by atoms with Crippen molar-refractivity contribution in [2.75, 3.05) is 13.2 Å². The van der Waals surface area contributed by atoms with Gasteiger partial charge in [0.1, 0.15) is 0 Å². The van der Waals surface area contributed by atoms with Crippen LogP contribution in [0.5, 0.6) is 11.5 Å². The van der Waals surface area contributed by atoms with E-state index in [1.165, 1.54) is 11.8 Å². The molecule has 5 nitrogen and oxygen atoms in total. The molecule has 0 saturated carbocycles. The maximum atomic E-state index is 13.1. The highest BCUT2D eigenvalue weighted by molar-refractivity contribution is 8.18. The predicted molar refractivity (Wildman–Crippen MR) is 125 cm³/mol. The summed E-state index contributed by atoms with van der Waals surface area (Å²) in [6.45, 7) is 6.85. The predicted octanol–water partition coefficient (Wildman–Crippen LogP) is 6.36. The number of hydrogen-bond acceptors (Lipinski definition) is 5. The molecule has 1 aliphatic rings. The van der Waals surface area contributed by atoms with Gasteiger partial charge in [0.2, 0.25) is 0 Å². The zero-order chi connectivity index (χ0) is 21.8. The van der Waals surface area contributed by atoms with Crippen molar-refractivity contribution >= 4 is 57.8 Å². The lowest BCUT2D eigenvalue weighted by molar-refractivity contribution is -0.122. The zero-order valence-electron chi connectivity index (χ0n) is 16.9. The normalized spacial score (nSPS) is 16.9. The Labute approximate surface area is 190 Å². The highest BCUT2D eigenvalue weighted by Crippen LogP contribution is 2.39. The summed E-state index contributed by atoms with van der Waals surface area (Å²) in [5.74, 6) is 0.319. The third-order valence-corrected chi connectivity index (χ3v) is 5.68. The Morgan fingerprint density at radius 3 is 2.57 bits per heavy atom. The first-order valence-electron chi connectivity index (χ1n) is 9.49. The van der Waals surface area contributed by atoms with Crippen molar-refractivity contribution in [2.24, 2.45) is 10.9 Å². The fourth-order valence-electron chi connectivity index (χ4n) is 2.84. The number of rotatable bonds is 6. The van der Waals surface area contributed by atoms with Crippen molar-refractivity contribution in [3.8, 4) is 11.5 Å². The Balaban J connectivity index is 1.98. The third-order valence-electron chi connectivity index (χ3n) is 4.14. The number of benzene rings is 2. The van der Waals surface area contributed by atoms with E-state index < -0.39 is 0 Å². The van der Waals surface area contributed by atoms with E-state index in [4.69, 9.17) is 27.9 Å². The molecule has 30 heavy (non-hydrogen) atoms. The van der Waals surface area contributed by atoms with E-state index in [-0.39, 0.29) is 28.3 Å². The first-order valence-corrected chi connectivity index (χ1v) is 11.1. The van der Waals surface area contributed by atoms with Gasteiger partial charge in [0.15, 0.2) is 16.7 Å². The second-order valence-electron chi connectivity index (χ2n) is 7.07. The first-order chi connectivity index (χ1) is 14.3. The molecule has 2 aromatic carbocycles. The summed E-state index contributed by atoms with van der Waals surface area (Å²) < 4.78 is 5.43. The average molecular weight is 465 g/mol. The van der Waals surface area contributed by atoms with E-state index in [2.05, 4.69) is 4.99 Å². The lowest BCUT2D eigenvalue weighted by Crippen LogP contribution is -2.32. The number of thioether (sulfide) groups is 1. The standard InChI is InChI=1S/C22H22Cl2N2O3S/c1-4-29-18-10-14(9-17(24)20(18)27)11-19-21(28)26(12-13(2)3)22(30-19)25-16-7-5-15(23)6-8-16/h5-11,13,27H,4,12H2,1-3H3/b19-11-,25-22?. The van der Waals surface area contributed by atoms with Gasteiger partial charge >= 0.3 is 0 Å². The number of phenols is 1. The van der Waals surface area contributed by atoms with E-state index in [9.17, 15) is 9.90 Å². The molecule has 1 heterocycles. The van der Waals surface area contributed by atoms with Crippen LogP contribution in [-0.4, -0.2) is 34.2 Å². The second kappa shape index (κ2) is 9.77. The Kier molecular flexibility index (Phi) is 7.34. The summed E-state index contributed by atoms with van der Waals surface area (Å²) in [7, 11) is 0. The molecular formula is C22H22Cl2N2O3S. The molecule has 158 valence electrons. The van der Waals surface area contributed by atoms with Crippen LogP contribution in [0.15, 0.2) is 46.3 Å². The number of carbonyl (C=O) groups excluding carboxylic acids is 1. The Morgan fingerprint density at radius 1 is 1.23 bits per heavy atom. The fraction of sp³-hybridized carbons (Fsp3) is 0.273. The summed E-state index contributed by atoms with van der Waals surface area (Å²) in [5, 5.41) is 11.4. The van der Waals surface area contributed by atoms with Crippen molar-refractivity contribution < 1.29 is 14.6 Å². The SMILES string of the molecule is CCOc1cc(/C=C2\SC(=Nc3ccc(Cl)cc3)N(CC(C)C)C2=O)cc(Cl)c1O. The van der Waals surface area contributed by atoms with Gasteiger partial charge in [0.25, 0.3) is 5.91 Å². The van der Waals surface area contributed by atoms with Crippen molar-refractivity contribution in [1.82, 2.24) is 4.90 Å². The molecule has 1 fully saturated rings. The second-order valence-corrected chi connectivity index (χ2v) is 8.93. The average Bonchev–Trinajstić information content (AvgIpc) is 2.96. The molecule has 0 unspecified atom stereocenters. The molecule has 2 aromatic rings. The van der Waals surface area contributed by atoms with Crippen LogP contribution in [-0.2, 0) is 4.79 Å². The van der Waals surface area contributed by atoms with E-state index in [0.717, 1.165) is 5.69 Å². The molecule has 1 saturated heterocycles. The lowest BCUT2D eigenvalue weighted by atomic mass is 10.1. The Hall–Kier alpha value is -2.15. The summed E-state index contributed by atoms with van der Waals surface area (Å²) in [6, 6.07) is 10.4. The highest BCUT2D eigenvalue weighted by atomic mass is 35.5. The van der Waals surface area contributed by atoms with Crippen LogP contribution in [0, 0.1) is 5.92 Å². The van der Waals surface area contributed by atoms with Gasteiger partial charge in [-0.05, 0) is 72.6 Å². The van der Waals surface area contributed by atoms with E-state index in [0.29, 0.717) is 33.8 Å². The number of amidine groups is 1. The number of aromatic hydroxyl groups is 1. The highest BCUT2D eigenvalue weighted by Gasteiger charge is 2.33. The topological polar surface area (TPSA) is 62.1 Å². The summed E-state index contributed by atoms with van der Waals surface area (Å²) in [6.07, 6.45) is 1.73. The van der Waals surface area contributed by atoms with Gasteiger partial charge in [-0.15, -0.1) is 0 Å². The minimum absolute atomic E-state index is 0.113. The first kappa shape index (κ1) is 22.5. The molecule has 0 spiro atoms. The van der Waals surface area contributed by atoms with E-state index in [1.807, 2.05) is 32.9 Å². The van der Waals surface area contributed by atoms with Gasteiger partial charge in [-0.2, -0.15) is 0 Å². The van der Waals surface area contributed by atoms with Gasteiger partial charge in [0.05, 0.1) is 22.2 Å². The molecule has 0 aromatic heterocycles. The number of hydrogen-bond donors (Lipinski definition) is 1. The van der Waals surface area contributed by atoms with Crippen LogP contribution in [0.1, 0.15) is 26.3 Å². The van der Waals surface area contributed by atoms with Crippen molar-refractivity contribution in [1.29, 1.82) is 0 Å². The molecule has 3 rings (SSSR count). The number of ether oxygens (including phenoxy) is 1. The molecular weight excluding hydrogens is 443 g/mol. The van der Waals surface area contributed by atoms with Gasteiger partial charge < -0.3 is 9.84 Å². The molecule has 0 bridgehead atoms. The van der Waals surface area contributed by atoms with Crippen LogP contribution in [0.3, 0.4) is 0 Å². The summed E-state index contributed by atoms with van der Waals surface area (Å²) in [4.78, 5) is 19.9. The third kappa shape index (κ3) is 5.31. The minimum Gasteiger partial charge on any atom is -0.503 e. The minimum atomic E-state index is -0.122. The Bertz CT molecular complexity index is 1000. The largest absolute Gasteiger partial charge is 0.503 e. The number of carbonyl (C=O) groups is 1. The number of halogens is 2. The molecule has 0 aliphatic carbocycles. The number of phenolic OH excluding ortho intramolecular Hbond substituents is 1. The molecule has 1 N–H and O–H groups in total. The smallest absolute Gasteiger partial charge is 0.266 e. The van der Waals surface area contributed by atoms with Gasteiger partial charge in [-0.3, -0.25) is 9.69 Å². The molecule has 1 amide bonds. The number of aliphatic imine (C=N–C) groups is 1. The van der Waals surface area contributed by atoms with Crippen LogP contribution >= 0.6 is 35.0 Å². The number of amides is 1. The van der Waals surface area contributed by atoms with Crippen molar-refractivity contribution in [2.45, 2.75) is 20.8 Å². The van der Waals surface area contributed by atoms with Gasteiger partial charge in [0, 0.05) is 11.6 Å². The molecule has 0 radical (unpaired) electrons. The van der Waals surface area contributed by atoms with Gasteiger partial charge in [-0.25, -0.2) is 4.99 Å².